The first kappa shape index (κ1) is 22.6. The summed E-state index contributed by atoms with van der Waals surface area (Å²) in [5.41, 5.74) is 0.421. The Morgan fingerprint density at radius 3 is 2.39 bits per heavy atom. The maximum atomic E-state index is 11.4. The third-order valence-corrected chi connectivity index (χ3v) is 10.2. The van der Waals surface area contributed by atoms with E-state index in [-0.39, 0.29) is 29.5 Å². The van der Waals surface area contributed by atoms with E-state index in [2.05, 4.69) is 13.8 Å². The molecule has 4 aliphatic carbocycles. The van der Waals surface area contributed by atoms with Crippen molar-refractivity contribution in [3.8, 4) is 0 Å². The van der Waals surface area contributed by atoms with Gasteiger partial charge in [0.25, 0.3) is 12.9 Å². The van der Waals surface area contributed by atoms with Crippen LogP contribution in [0, 0.1) is 40.4 Å². The smallest absolute Gasteiger partial charge is 0.303 e. The summed E-state index contributed by atoms with van der Waals surface area (Å²) in [4.78, 5) is 33.3. The molecule has 0 aromatic rings. The van der Waals surface area contributed by atoms with E-state index in [0.29, 0.717) is 42.5 Å². The van der Waals surface area contributed by atoms with Gasteiger partial charge in [-0.25, -0.2) is 0 Å². The van der Waals surface area contributed by atoms with Crippen LogP contribution in [-0.4, -0.2) is 36.2 Å². The summed E-state index contributed by atoms with van der Waals surface area (Å²) < 4.78 is 11.1. The molecule has 4 fully saturated rings. The molecule has 0 aromatic heterocycles. The van der Waals surface area contributed by atoms with Gasteiger partial charge in [0, 0.05) is 12.3 Å². The first-order valence-corrected chi connectivity index (χ1v) is 12.2. The predicted molar refractivity (Wildman–Crippen MR) is 114 cm³/mol. The van der Waals surface area contributed by atoms with E-state index in [4.69, 9.17) is 14.6 Å². The number of carboxylic acids is 1. The number of ether oxygens (including phenoxy) is 2. The van der Waals surface area contributed by atoms with Crippen LogP contribution in [0.15, 0.2) is 0 Å². The largest absolute Gasteiger partial charge is 0.481 e. The Kier molecular flexibility index (Phi) is 6.37. The molecule has 4 rings (SSSR count). The minimum Gasteiger partial charge on any atom is -0.481 e. The van der Waals surface area contributed by atoms with E-state index in [0.717, 1.165) is 57.8 Å². The van der Waals surface area contributed by atoms with Crippen molar-refractivity contribution in [3.63, 3.8) is 0 Å². The van der Waals surface area contributed by atoms with Gasteiger partial charge in [-0.1, -0.05) is 13.8 Å². The van der Waals surface area contributed by atoms with Crippen molar-refractivity contribution < 1.29 is 29.0 Å². The van der Waals surface area contributed by atoms with Gasteiger partial charge >= 0.3 is 5.97 Å². The Morgan fingerprint density at radius 2 is 1.68 bits per heavy atom. The summed E-state index contributed by atoms with van der Waals surface area (Å²) in [6.45, 7) is 6.07. The molecule has 31 heavy (non-hydrogen) atoms. The summed E-state index contributed by atoms with van der Waals surface area (Å²) >= 11 is 0. The fourth-order valence-electron chi connectivity index (χ4n) is 8.66. The Balaban J connectivity index is 1.56. The van der Waals surface area contributed by atoms with E-state index >= 15 is 0 Å². The number of hydrogen-bond donors (Lipinski definition) is 1. The molecule has 0 amide bonds. The Hall–Kier alpha value is -1.59. The van der Waals surface area contributed by atoms with E-state index < -0.39 is 5.97 Å². The highest BCUT2D eigenvalue weighted by Gasteiger charge is 2.63. The molecular weight excluding hydrogens is 396 g/mol. The summed E-state index contributed by atoms with van der Waals surface area (Å²) in [5.74, 6) is 1.73. The number of aliphatic carboxylic acids is 1. The number of hydrogen-bond acceptors (Lipinski definition) is 5. The third-order valence-electron chi connectivity index (χ3n) is 10.2. The lowest BCUT2D eigenvalue weighted by atomic mass is 9.44. The van der Waals surface area contributed by atoms with Crippen LogP contribution in [0.1, 0.15) is 84.5 Å². The molecule has 0 spiro atoms. The van der Waals surface area contributed by atoms with Crippen molar-refractivity contribution in [2.75, 3.05) is 0 Å². The molecule has 6 heteroatoms. The molecule has 0 saturated heterocycles. The van der Waals surface area contributed by atoms with Crippen LogP contribution in [0.2, 0.25) is 0 Å². The monoisotopic (exact) mass is 434 g/mol. The highest BCUT2D eigenvalue weighted by molar-refractivity contribution is 5.66. The molecule has 0 heterocycles. The van der Waals surface area contributed by atoms with Gasteiger partial charge in [-0.3, -0.25) is 14.4 Å². The lowest BCUT2D eigenvalue weighted by Crippen LogP contribution is -2.59. The van der Waals surface area contributed by atoms with Crippen molar-refractivity contribution in [2.24, 2.45) is 40.4 Å². The second-order valence-electron chi connectivity index (χ2n) is 11.2. The summed E-state index contributed by atoms with van der Waals surface area (Å²) in [7, 11) is 0. The van der Waals surface area contributed by atoms with E-state index in [1.807, 2.05) is 0 Å². The van der Waals surface area contributed by atoms with Gasteiger partial charge in [0.05, 0.1) is 0 Å². The quantitative estimate of drug-likeness (QED) is 0.562. The van der Waals surface area contributed by atoms with E-state index in [9.17, 15) is 14.4 Å². The Morgan fingerprint density at radius 1 is 0.968 bits per heavy atom. The van der Waals surface area contributed by atoms with Crippen molar-refractivity contribution in [2.45, 2.75) is 96.7 Å². The minimum atomic E-state index is -0.705. The summed E-state index contributed by atoms with van der Waals surface area (Å²) in [5, 5.41) is 9.05. The van der Waals surface area contributed by atoms with Gasteiger partial charge in [0.1, 0.15) is 12.2 Å². The van der Waals surface area contributed by atoms with Gasteiger partial charge in [-0.2, -0.15) is 0 Å². The van der Waals surface area contributed by atoms with Crippen molar-refractivity contribution in [1.29, 1.82) is 0 Å². The first-order chi connectivity index (χ1) is 14.8. The van der Waals surface area contributed by atoms with Crippen molar-refractivity contribution in [1.82, 2.24) is 0 Å². The predicted octanol–water partition coefficient (Wildman–Crippen LogP) is 4.59. The van der Waals surface area contributed by atoms with Crippen LogP contribution < -0.4 is 0 Å². The molecule has 0 radical (unpaired) electrons. The minimum absolute atomic E-state index is 0.0111. The van der Waals surface area contributed by atoms with Crippen LogP contribution in [0.3, 0.4) is 0 Å². The molecule has 0 aromatic carbocycles. The normalized spacial score (nSPS) is 46.2. The van der Waals surface area contributed by atoms with Crippen LogP contribution in [0.25, 0.3) is 0 Å². The van der Waals surface area contributed by atoms with Crippen molar-refractivity contribution >= 4 is 18.9 Å². The van der Waals surface area contributed by atoms with Crippen LogP contribution in [0.5, 0.6) is 0 Å². The molecule has 0 aliphatic heterocycles. The number of carbonyl (C=O) groups is 3. The van der Waals surface area contributed by atoms with Crippen LogP contribution >= 0.6 is 0 Å². The molecule has 6 nitrogen and oxygen atoms in total. The van der Waals surface area contributed by atoms with Gasteiger partial charge in [0.15, 0.2) is 0 Å². The lowest BCUT2D eigenvalue weighted by molar-refractivity contribution is -0.189. The van der Waals surface area contributed by atoms with Gasteiger partial charge < -0.3 is 14.6 Å². The molecular formula is C25H38O6. The zero-order valence-corrected chi connectivity index (χ0v) is 19.0. The zero-order chi connectivity index (χ0) is 22.2. The van der Waals surface area contributed by atoms with Gasteiger partial charge in [0.2, 0.25) is 0 Å². The van der Waals surface area contributed by atoms with E-state index in [1.165, 1.54) is 6.42 Å². The SMILES string of the molecule is C[C@]12CC[C@@H](OC=O)C[C@H]1C[C@H](OC=O)[C@@H]1[C@@H]2CC[C@]2(C)[C@@H](CCCC(=O)O)CC[C@@H]12. The van der Waals surface area contributed by atoms with Crippen LogP contribution in [0.4, 0.5) is 0 Å². The Labute approximate surface area is 185 Å². The fraction of sp³-hybridized carbons (Fsp3) is 0.880. The fourth-order valence-corrected chi connectivity index (χ4v) is 8.66. The highest BCUT2D eigenvalue weighted by Crippen LogP contribution is 2.68. The van der Waals surface area contributed by atoms with Gasteiger partial charge in [-0.15, -0.1) is 0 Å². The van der Waals surface area contributed by atoms with Crippen LogP contribution in [-0.2, 0) is 23.9 Å². The molecule has 174 valence electrons. The number of carboxylic acid groups (broad SMARTS) is 1. The number of rotatable bonds is 8. The first-order valence-electron chi connectivity index (χ1n) is 12.2. The maximum Gasteiger partial charge on any atom is 0.303 e. The lowest BCUT2D eigenvalue weighted by Gasteiger charge is -2.62. The number of fused-ring (bicyclic) bond motifs is 5. The molecule has 4 aliphatic rings. The summed E-state index contributed by atoms with van der Waals surface area (Å²) in [6.07, 6.45) is 10.3. The zero-order valence-electron chi connectivity index (χ0n) is 19.0. The molecule has 0 unspecified atom stereocenters. The van der Waals surface area contributed by atoms with Gasteiger partial charge in [-0.05, 0) is 98.7 Å². The average Bonchev–Trinajstić information content (AvgIpc) is 3.05. The standard InChI is InChI=1S/C25H38O6/c1-24-11-9-20-23(19(24)7-6-16(24)4-3-5-22(28)29)21(31-15-27)13-17-12-18(30-14-26)8-10-25(17,20)2/h14-21,23H,3-13H2,1-2H3,(H,28,29)/t16-,17-,18+,19-,20-,21-,23-,24+,25-/m0/s1. The third kappa shape index (κ3) is 3.89. The van der Waals surface area contributed by atoms with E-state index in [1.54, 1.807) is 0 Å². The summed E-state index contributed by atoms with van der Waals surface area (Å²) in [6, 6.07) is 0. The maximum absolute atomic E-state index is 11.4. The number of carbonyl (C=O) groups excluding carboxylic acids is 2. The second kappa shape index (κ2) is 8.74. The topological polar surface area (TPSA) is 89.9 Å². The molecule has 0 bridgehead atoms. The second-order valence-corrected chi connectivity index (χ2v) is 11.2. The molecule has 4 saturated carbocycles. The molecule has 1 N–H and O–H groups in total. The highest BCUT2D eigenvalue weighted by atomic mass is 16.5. The molecule has 9 atom stereocenters. The average molecular weight is 435 g/mol. The van der Waals surface area contributed by atoms with Crippen molar-refractivity contribution in [3.05, 3.63) is 0 Å². The Bertz CT molecular complexity index is 693.